The first-order valence-corrected chi connectivity index (χ1v) is 6.66. The molecule has 2 N–H and O–H groups in total. The fourth-order valence-corrected chi connectivity index (χ4v) is 2.30. The monoisotopic (exact) mass is 255 g/mol. The number of rotatable bonds is 6. The molecule has 100 valence electrons. The van der Waals surface area contributed by atoms with Gasteiger partial charge < -0.3 is 10.5 Å². The highest BCUT2D eigenvalue weighted by Crippen LogP contribution is 2.32. The van der Waals surface area contributed by atoms with E-state index in [2.05, 4.69) is 55.5 Å². The molecule has 0 aliphatic rings. The van der Waals surface area contributed by atoms with E-state index >= 15 is 0 Å². The van der Waals surface area contributed by atoms with E-state index in [4.69, 9.17) is 10.5 Å². The highest BCUT2D eigenvalue weighted by molar-refractivity contribution is 5.38. The summed E-state index contributed by atoms with van der Waals surface area (Å²) in [7, 11) is 0. The van der Waals surface area contributed by atoms with E-state index in [1.165, 1.54) is 11.1 Å². The summed E-state index contributed by atoms with van der Waals surface area (Å²) in [6.07, 6.45) is 0. The van der Waals surface area contributed by atoms with Crippen molar-refractivity contribution in [2.45, 2.75) is 12.3 Å². The van der Waals surface area contributed by atoms with Gasteiger partial charge in [-0.05, 0) is 18.1 Å². The van der Waals surface area contributed by atoms with Crippen molar-refractivity contribution in [3.63, 3.8) is 0 Å². The predicted molar refractivity (Wildman–Crippen MR) is 79.2 cm³/mol. The van der Waals surface area contributed by atoms with Crippen molar-refractivity contribution in [3.8, 4) is 0 Å². The Morgan fingerprint density at radius 2 is 1.37 bits per heavy atom. The zero-order chi connectivity index (χ0) is 13.6. The first-order valence-electron chi connectivity index (χ1n) is 6.66. The van der Waals surface area contributed by atoms with Crippen molar-refractivity contribution in [1.29, 1.82) is 0 Å². The number of benzene rings is 2. The Morgan fingerprint density at radius 3 is 1.79 bits per heavy atom. The molecule has 0 unspecified atom stereocenters. The molecule has 2 heteroatoms. The molecular formula is C17H21NO. The highest BCUT2D eigenvalue weighted by atomic mass is 16.5. The molecule has 2 nitrogen and oxygen atoms in total. The fourth-order valence-electron chi connectivity index (χ4n) is 2.30. The lowest BCUT2D eigenvalue weighted by molar-refractivity contribution is 0.108. The Morgan fingerprint density at radius 1 is 0.895 bits per heavy atom. The number of hydrogen-bond donors (Lipinski definition) is 1. The Labute approximate surface area is 115 Å². The SMILES string of the molecule is CC(COCCN)(c1ccccc1)c1ccccc1. The smallest absolute Gasteiger partial charge is 0.0601 e. The Balaban J connectivity index is 2.33. The van der Waals surface area contributed by atoms with Gasteiger partial charge >= 0.3 is 0 Å². The zero-order valence-corrected chi connectivity index (χ0v) is 11.4. The second-order valence-corrected chi connectivity index (χ2v) is 4.91. The van der Waals surface area contributed by atoms with Crippen LogP contribution >= 0.6 is 0 Å². The van der Waals surface area contributed by atoms with Gasteiger partial charge in [0.05, 0.1) is 13.2 Å². The maximum absolute atomic E-state index is 5.73. The van der Waals surface area contributed by atoms with Crippen molar-refractivity contribution in [3.05, 3.63) is 71.8 Å². The van der Waals surface area contributed by atoms with Crippen molar-refractivity contribution >= 4 is 0 Å². The zero-order valence-electron chi connectivity index (χ0n) is 11.4. The summed E-state index contributed by atoms with van der Waals surface area (Å²) in [5, 5.41) is 0. The average Bonchev–Trinajstić information content (AvgIpc) is 2.49. The third-order valence-electron chi connectivity index (χ3n) is 3.47. The maximum Gasteiger partial charge on any atom is 0.0601 e. The van der Waals surface area contributed by atoms with Gasteiger partial charge in [-0.2, -0.15) is 0 Å². The second kappa shape index (κ2) is 6.50. The molecule has 0 aliphatic heterocycles. The van der Waals surface area contributed by atoms with Crippen LogP contribution in [0.5, 0.6) is 0 Å². The summed E-state index contributed by atoms with van der Waals surface area (Å²) < 4.78 is 5.73. The fraction of sp³-hybridized carbons (Fsp3) is 0.294. The van der Waals surface area contributed by atoms with Crippen LogP contribution in [0.25, 0.3) is 0 Å². The van der Waals surface area contributed by atoms with Gasteiger partial charge in [0.25, 0.3) is 0 Å². The minimum absolute atomic E-state index is 0.141. The van der Waals surface area contributed by atoms with Gasteiger partial charge in [0.2, 0.25) is 0 Å². The van der Waals surface area contributed by atoms with E-state index < -0.39 is 0 Å². The third-order valence-corrected chi connectivity index (χ3v) is 3.47. The minimum Gasteiger partial charge on any atom is -0.379 e. The predicted octanol–water partition coefficient (Wildman–Crippen LogP) is 2.97. The van der Waals surface area contributed by atoms with Crippen LogP contribution in [-0.2, 0) is 10.2 Å². The maximum atomic E-state index is 5.73. The molecule has 0 aliphatic carbocycles. The van der Waals surface area contributed by atoms with Crippen molar-refractivity contribution in [2.24, 2.45) is 5.73 Å². The summed E-state index contributed by atoms with van der Waals surface area (Å²) in [4.78, 5) is 0. The summed E-state index contributed by atoms with van der Waals surface area (Å²) >= 11 is 0. The minimum atomic E-state index is -0.141. The number of hydrogen-bond acceptors (Lipinski definition) is 2. The van der Waals surface area contributed by atoms with Crippen molar-refractivity contribution in [2.75, 3.05) is 19.8 Å². The Hall–Kier alpha value is -1.64. The first kappa shape index (κ1) is 13.8. The van der Waals surface area contributed by atoms with Crippen LogP contribution in [0, 0.1) is 0 Å². The molecule has 0 saturated heterocycles. The van der Waals surface area contributed by atoms with Crippen LogP contribution in [0.1, 0.15) is 18.1 Å². The molecular weight excluding hydrogens is 234 g/mol. The van der Waals surface area contributed by atoms with Gasteiger partial charge in [-0.25, -0.2) is 0 Å². The molecule has 0 bridgehead atoms. The van der Waals surface area contributed by atoms with Crippen LogP contribution in [0.2, 0.25) is 0 Å². The van der Waals surface area contributed by atoms with Gasteiger partial charge in [0.15, 0.2) is 0 Å². The van der Waals surface area contributed by atoms with Crippen LogP contribution < -0.4 is 5.73 Å². The van der Waals surface area contributed by atoms with E-state index in [0.717, 1.165) is 0 Å². The molecule has 0 aromatic heterocycles. The summed E-state index contributed by atoms with van der Waals surface area (Å²) in [6, 6.07) is 21.0. The van der Waals surface area contributed by atoms with E-state index in [0.29, 0.717) is 19.8 Å². The van der Waals surface area contributed by atoms with E-state index in [-0.39, 0.29) is 5.41 Å². The van der Waals surface area contributed by atoms with Gasteiger partial charge in [0, 0.05) is 12.0 Å². The molecule has 2 rings (SSSR count). The molecule has 0 spiro atoms. The lowest BCUT2D eigenvalue weighted by atomic mass is 9.77. The molecule has 0 atom stereocenters. The number of ether oxygens (including phenoxy) is 1. The van der Waals surface area contributed by atoms with Crippen LogP contribution in [0.4, 0.5) is 0 Å². The third kappa shape index (κ3) is 3.22. The van der Waals surface area contributed by atoms with Crippen LogP contribution in [0.3, 0.4) is 0 Å². The van der Waals surface area contributed by atoms with E-state index in [9.17, 15) is 0 Å². The highest BCUT2D eigenvalue weighted by Gasteiger charge is 2.28. The topological polar surface area (TPSA) is 35.2 Å². The van der Waals surface area contributed by atoms with E-state index in [1.807, 2.05) is 12.1 Å². The normalized spacial score (nSPS) is 11.5. The Kier molecular flexibility index (Phi) is 4.72. The average molecular weight is 255 g/mol. The first-order chi connectivity index (χ1) is 9.27. The van der Waals surface area contributed by atoms with Crippen LogP contribution in [-0.4, -0.2) is 19.8 Å². The van der Waals surface area contributed by atoms with Gasteiger partial charge in [-0.3, -0.25) is 0 Å². The van der Waals surface area contributed by atoms with Crippen molar-refractivity contribution in [1.82, 2.24) is 0 Å². The quantitative estimate of drug-likeness (QED) is 0.805. The van der Waals surface area contributed by atoms with Crippen LogP contribution in [0.15, 0.2) is 60.7 Å². The lowest BCUT2D eigenvalue weighted by Gasteiger charge is -2.30. The molecule has 2 aromatic rings. The summed E-state index contributed by atoms with van der Waals surface area (Å²) in [5.74, 6) is 0. The molecule has 2 aromatic carbocycles. The van der Waals surface area contributed by atoms with Gasteiger partial charge in [-0.1, -0.05) is 60.7 Å². The molecule has 0 fully saturated rings. The second-order valence-electron chi connectivity index (χ2n) is 4.91. The molecule has 0 heterocycles. The molecule has 0 saturated carbocycles. The number of nitrogens with two attached hydrogens (primary N) is 1. The molecule has 0 amide bonds. The summed E-state index contributed by atoms with van der Waals surface area (Å²) in [6.45, 7) is 4.00. The van der Waals surface area contributed by atoms with Gasteiger partial charge in [-0.15, -0.1) is 0 Å². The summed E-state index contributed by atoms with van der Waals surface area (Å²) in [5.41, 5.74) is 7.89. The van der Waals surface area contributed by atoms with E-state index in [1.54, 1.807) is 0 Å². The lowest BCUT2D eigenvalue weighted by Crippen LogP contribution is -2.30. The van der Waals surface area contributed by atoms with Gasteiger partial charge in [0.1, 0.15) is 0 Å². The molecule has 19 heavy (non-hydrogen) atoms. The largest absolute Gasteiger partial charge is 0.379 e. The molecule has 0 radical (unpaired) electrons. The van der Waals surface area contributed by atoms with Crippen molar-refractivity contribution < 1.29 is 4.74 Å². The standard InChI is InChI=1S/C17H21NO/c1-17(14-19-13-12-18,15-8-4-2-5-9-15)16-10-6-3-7-11-16/h2-11H,12-14,18H2,1H3. The Bertz CT molecular complexity index is 442.